The zero-order valence-electron chi connectivity index (χ0n) is 10.3. The minimum atomic E-state index is 1.07. The van der Waals surface area contributed by atoms with Gasteiger partial charge in [-0.1, -0.05) is 24.3 Å². The second-order valence-electron chi connectivity index (χ2n) is 4.79. The molecule has 3 rings (SSSR count). The number of benzene rings is 2. The van der Waals surface area contributed by atoms with E-state index in [4.69, 9.17) is 0 Å². The Balaban J connectivity index is 2.22. The van der Waals surface area contributed by atoms with Gasteiger partial charge in [0.15, 0.2) is 0 Å². The Morgan fingerprint density at radius 1 is 1.06 bits per heavy atom. The van der Waals surface area contributed by atoms with Gasteiger partial charge in [-0.2, -0.15) is 0 Å². The van der Waals surface area contributed by atoms with Crippen LogP contribution in [0.4, 0.5) is 5.69 Å². The SMILES string of the molecule is CN(C)C=Nc1ccc2c3c(cccc13)CC2. The van der Waals surface area contributed by atoms with Crippen molar-refractivity contribution in [1.82, 2.24) is 4.90 Å². The number of hydrogen-bond donors (Lipinski definition) is 0. The minimum Gasteiger partial charge on any atom is -0.369 e. The fraction of sp³-hybridized carbons (Fsp3) is 0.267. The second kappa shape index (κ2) is 3.88. The van der Waals surface area contributed by atoms with Crippen molar-refractivity contribution in [2.75, 3.05) is 14.1 Å². The summed E-state index contributed by atoms with van der Waals surface area (Å²) in [5.74, 6) is 0. The zero-order valence-corrected chi connectivity index (χ0v) is 10.3. The van der Waals surface area contributed by atoms with Crippen LogP contribution >= 0.6 is 0 Å². The molecule has 0 aromatic heterocycles. The van der Waals surface area contributed by atoms with E-state index in [1.165, 1.54) is 34.7 Å². The molecule has 2 aromatic rings. The van der Waals surface area contributed by atoms with Crippen LogP contribution in [0.15, 0.2) is 35.3 Å². The van der Waals surface area contributed by atoms with Crippen LogP contribution in [0.2, 0.25) is 0 Å². The van der Waals surface area contributed by atoms with Crippen LogP contribution in [0.5, 0.6) is 0 Å². The third-order valence-corrected chi connectivity index (χ3v) is 3.28. The summed E-state index contributed by atoms with van der Waals surface area (Å²) in [5, 5.41) is 2.72. The molecule has 86 valence electrons. The van der Waals surface area contributed by atoms with Crippen molar-refractivity contribution in [1.29, 1.82) is 0 Å². The van der Waals surface area contributed by atoms with E-state index in [1.807, 2.05) is 25.3 Å². The van der Waals surface area contributed by atoms with E-state index in [0.717, 1.165) is 5.69 Å². The molecule has 2 aromatic carbocycles. The van der Waals surface area contributed by atoms with Gasteiger partial charge in [-0.25, -0.2) is 4.99 Å². The van der Waals surface area contributed by atoms with Crippen LogP contribution < -0.4 is 0 Å². The molecule has 0 atom stereocenters. The molecule has 0 saturated carbocycles. The van der Waals surface area contributed by atoms with Crippen molar-refractivity contribution < 1.29 is 0 Å². The van der Waals surface area contributed by atoms with Crippen molar-refractivity contribution in [3.05, 3.63) is 41.5 Å². The maximum Gasteiger partial charge on any atom is 0.0907 e. The van der Waals surface area contributed by atoms with Crippen LogP contribution in [0.25, 0.3) is 10.8 Å². The monoisotopic (exact) mass is 224 g/mol. The maximum atomic E-state index is 4.54. The lowest BCUT2D eigenvalue weighted by molar-refractivity contribution is 0.643. The number of rotatable bonds is 2. The molecule has 0 spiro atoms. The second-order valence-corrected chi connectivity index (χ2v) is 4.79. The smallest absolute Gasteiger partial charge is 0.0907 e. The number of aliphatic imine (C=N–C) groups is 1. The summed E-state index contributed by atoms with van der Waals surface area (Å²) < 4.78 is 0. The molecule has 0 amide bonds. The first-order chi connectivity index (χ1) is 8.25. The van der Waals surface area contributed by atoms with Gasteiger partial charge in [0.1, 0.15) is 0 Å². The summed E-state index contributed by atoms with van der Waals surface area (Å²) in [5.41, 5.74) is 4.01. The van der Waals surface area contributed by atoms with Crippen molar-refractivity contribution in [2.45, 2.75) is 12.8 Å². The third kappa shape index (κ3) is 1.70. The maximum absolute atomic E-state index is 4.54. The molecular formula is C15H16N2. The van der Waals surface area contributed by atoms with Gasteiger partial charge < -0.3 is 4.90 Å². The van der Waals surface area contributed by atoms with Gasteiger partial charge in [0, 0.05) is 19.5 Å². The summed E-state index contributed by atoms with van der Waals surface area (Å²) in [6.07, 6.45) is 4.21. The molecule has 0 fully saturated rings. The lowest BCUT2D eigenvalue weighted by Gasteiger charge is -2.07. The van der Waals surface area contributed by atoms with E-state index >= 15 is 0 Å². The molecule has 1 aliphatic rings. The highest BCUT2D eigenvalue weighted by molar-refractivity contribution is 5.99. The molecular weight excluding hydrogens is 208 g/mol. The summed E-state index contributed by atoms with van der Waals surface area (Å²) in [6, 6.07) is 10.9. The molecule has 17 heavy (non-hydrogen) atoms. The highest BCUT2D eigenvalue weighted by Crippen LogP contribution is 2.35. The van der Waals surface area contributed by atoms with Crippen molar-refractivity contribution in [3.63, 3.8) is 0 Å². The highest BCUT2D eigenvalue weighted by Gasteiger charge is 2.15. The van der Waals surface area contributed by atoms with Crippen LogP contribution in [0.1, 0.15) is 11.1 Å². The molecule has 0 saturated heterocycles. The standard InChI is InChI=1S/C15H16N2/c1-17(2)10-16-14-9-8-12-7-6-11-4-3-5-13(14)15(11)12/h3-5,8-10H,6-7H2,1-2H3. The molecule has 0 unspecified atom stereocenters. The van der Waals surface area contributed by atoms with Gasteiger partial charge in [0.25, 0.3) is 0 Å². The van der Waals surface area contributed by atoms with Gasteiger partial charge in [-0.15, -0.1) is 0 Å². The predicted octanol–water partition coefficient (Wildman–Crippen LogP) is 3.16. The molecule has 0 aliphatic heterocycles. The fourth-order valence-electron chi connectivity index (χ4n) is 2.52. The molecule has 0 heterocycles. The van der Waals surface area contributed by atoms with Crippen molar-refractivity contribution in [3.8, 4) is 0 Å². The van der Waals surface area contributed by atoms with E-state index in [1.54, 1.807) is 0 Å². The van der Waals surface area contributed by atoms with Crippen LogP contribution in [-0.4, -0.2) is 25.3 Å². The largest absolute Gasteiger partial charge is 0.369 e. The minimum absolute atomic E-state index is 1.07. The Morgan fingerprint density at radius 3 is 2.59 bits per heavy atom. The summed E-state index contributed by atoms with van der Waals surface area (Å²) in [6.45, 7) is 0. The highest BCUT2D eigenvalue weighted by atomic mass is 15.1. The van der Waals surface area contributed by atoms with Gasteiger partial charge in [0.05, 0.1) is 12.0 Å². The van der Waals surface area contributed by atoms with Crippen LogP contribution in [0.3, 0.4) is 0 Å². The summed E-state index contributed by atoms with van der Waals surface area (Å²) in [4.78, 5) is 6.51. The molecule has 0 radical (unpaired) electrons. The van der Waals surface area contributed by atoms with E-state index < -0.39 is 0 Å². The molecule has 1 aliphatic carbocycles. The van der Waals surface area contributed by atoms with Gasteiger partial charge in [0.2, 0.25) is 0 Å². The Bertz CT molecular complexity index is 587. The first-order valence-electron chi connectivity index (χ1n) is 6.00. The number of hydrogen-bond acceptors (Lipinski definition) is 1. The normalized spacial score (nSPS) is 13.8. The molecule has 2 nitrogen and oxygen atoms in total. The van der Waals surface area contributed by atoms with Crippen molar-refractivity contribution >= 4 is 22.8 Å². The predicted molar refractivity (Wildman–Crippen MR) is 73.2 cm³/mol. The molecule has 2 heteroatoms. The fourth-order valence-corrected chi connectivity index (χ4v) is 2.52. The van der Waals surface area contributed by atoms with Gasteiger partial charge in [-0.05, 0) is 35.4 Å². The van der Waals surface area contributed by atoms with Gasteiger partial charge in [-0.3, -0.25) is 0 Å². The lowest BCUT2D eigenvalue weighted by Crippen LogP contribution is -2.06. The third-order valence-electron chi connectivity index (χ3n) is 3.28. The number of nitrogens with zero attached hydrogens (tertiary/aromatic N) is 2. The van der Waals surface area contributed by atoms with E-state index in [-0.39, 0.29) is 0 Å². The quantitative estimate of drug-likeness (QED) is 0.565. The van der Waals surface area contributed by atoms with E-state index in [9.17, 15) is 0 Å². The van der Waals surface area contributed by atoms with E-state index in [0.29, 0.717) is 0 Å². The van der Waals surface area contributed by atoms with Crippen LogP contribution in [-0.2, 0) is 12.8 Å². The Morgan fingerprint density at radius 2 is 1.82 bits per heavy atom. The first-order valence-corrected chi connectivity index (χ1v) is 6.00. The number of aryl methyl sites for hydroxylation is 2. The lowest BCUT2D eigenvalue weighted by atomic mass is 10.0. The first kappa shape index (κ1) is 10.3. The Hall–Kier alpha value is -1.83. The topological polar surface area (TPSA) is 15.6 Å². The molecule has 0 bridgehead atoms. The van der Waals surface area contributed by atoms with Crippen LogP contribution in [0, 0.1) is 0 Å². The van der Waals surface area contributed by atoms with E-state index in [2.05, 4.69) is 35.3 Å². The molecule has 0 N–H and O–H groups in total. The zero-order chi connectivity index (χ0) is 11.8. The Labute approximate surface area is 102 Å². The average molecular weight is 224 g/mol. The Kier molecular flexibility index (Phi) is 2.36. The van der Waals surface area contributed by atoms with Crippen molar-refractivity contribution in [2.24, 2.45) is 4.99 Å². The summed E-state index contributed by atoms with van der Waals surface area (Å²) >= 11 is 0. The average Bonchev–Trinajstić information content (AvgIpc) is 2.74. The summed E-state index contributed by atoms with van der Waals surface area (Å²) in [7, 11) is 3.98. The van der Waals surface area contributed by atoms with Gasteiger partial charge >= 0.3 is 0 Å².